The van der Waals surface area contributed by atoms with Crippen LogP contribution in [-0.4, -0.2) is 51.7 Å². The number of benzene rings is 1. The second-order valence-electron chi connectivity index (χ2n) is 9.54. The number of carbonyl (C=O) groups is 2. The number of urea groups is 1. The molecule has 3 aliphatic rings. The molecular weight excluding hydrogens is 521 g/mol. The first-order valence-electron chi connectivity index (χ1n) is 12.0. The van der Waals surface area contributed by atoms with E-state index in [0.29, 0.717) is 44.5 Å². The Morgan fingerprint density at radius 2 is 1.92 bits per heavy atom. The molecule has 5 rings (SSSR count). The van der Waals surface area contributed by atoms with E-state index < -0.39 is 34.9 Å². The van der Waals surface area contributed by atoms with Crippen LogP contribution in [0.3, 0.4) is 0 Å². The molecule has 2 unspecified atom stereocenters. The normalized spacial score (nSPS) is 23.7. The van der Waals surface area contributed by atoms with Gasteiger partial charge in [0.25, 0.3) is 5.91 Å². The SMILES string of the molecule is N#Cc1ncc(N2C(=O)C3(CCC3c3ccc(OC4CCN(C(N)=O)CC4)cc3)NC2=S)cc1C(F)(F)F. The van der Waals surface area contributed by atoms with E-state index >= 15 is 0 Å². The molecule has 1 aliphatic carbocycles. The summed E-state index contributed by atoms with van der Waals surface area (Å²) in [6, 6.07) is 9.09. The minimum absolute atomic E-state index is 0.0124. The van der Waals surface area contributed by atoms with E-state index in [1.807, 2.05) is 24.3 Å². The highest BCUT2D eigenvalue weighted by molar-refractivity contribution is 7.80. The summed E-state index contributed by atoms with van der Waals surface area (Å²) in [5, 5.41) is 12.1. The smallest absolute Gasteiger partial charge is 0.419 e. The number of nitrogens with two attached hydrogens (primary N) is 1. The first-order chi connectivity index (χ1) is 18.0. The molecule has 2 aromatic rings. The zero-order valence-electron chi connectivity index (χ0n) is 20.0. The Balaban J connectivity index is 1.31. The summed E-state index contributed by atoms with van der Waals surface area (Å²) < 4.78 is 46.4. The first-order valence-corrected chi connectivity index (χ1v) is 12.4. The topological polar surface area (TPSA) is 125 Å². The maximum absolute atomic E-state index is 13.6. The lowest BCUT2D eigenvalue weighted by atomic mass is 9.63. The lowest BCUT2D eigenvalue weighted by molar-refractivity contribution is -0.138. The Bertz CT molecular complexity index is 1340. The predicted octanol–water partition coefficient (Wildman–Crippen LogP) is 3.43. The number of primary amides is 1. The van der Waals surface area contributed by atoms with Gasteiger partial charge in [0.05, 0.1) is 17.4 Å². The van der Waals surface area contributed by atoms with Crippen molar-refractivity contribution in [2.75, 3.05) is 18.0 Å². The summed E-state index contributed by atoms with van der Waals surface area (Å²) in [4.78, 5) is 31.1. The van der Waals surface area contributed by atoms with Gasteiger partial charge in [0.2, 0.25) is 0 Å². The highest BCUT2D eigenvalue weighted by atomic mass is 32.1. The van der Waals surface area contributed by atoms with Crippen molar-refractivity contribution in [2.24, 2.45) is 5.73 Å². The molecule has 0 bridgehead atoms. The van der Waals surface area contributed by atoms with Gasteiger partial charge in [-0.25, -0.2) is 9.78 Å². The third-order valence-electron chi connectivity index (χ3n) is 7.42. The minimum Gasteiger partial charge on any atom is -0.490 e. The van der Waals surface area contributed by atoms with Crippen LogP contribution in [0.25, 0.3) is 0 Å². The Kier molecular flexibility index (Phi) is 6.38. The quantitative estimate of drug-likeness (QED) is 0.565. The molecule has 13 heteroatoms. The lowest BCUT2D eigenvalue weighted by Gasteiger charge is -2.45. The van der Waals surface area contributed by atoms with Crippen LogP contribution in [0.15, 0.2) is 36.5 Å². The minimum atomic E-state index is -4.81. The molecule has 3 amide bonds. The molecule has 3 N–H and O–H groups in total. The van der Waals surface area contributed by atoms with Crippen molar-refractivity contribution in [3.63, 3.8) is 0 Å². The lowest BCUT2D eigenvalue weighted by Crippen LogP contribution is -2.58. The van der Waals surface area contributed by atoms with Crippen molar-refractivity contribution < 1.29 is 27.5 Å². The van der Waals surface area contributed by atoms with Gasteiger partial charge in [-0.05, 0) is 48.8 Å². The summed E-state index contributed by atoms with van der Waals surface area (Å²) in [5.74, 6) is -0.0509. The Morgan fingerprint density at radius 1 is 1.24 bits per heavy atom. The number of nitrogens with one attached hydrogen (secondary N) is 1. The summed E-state index contributed by atoms with van der Waals surface area (Å²) in [7, 11) is 0. The number of thiocarbonyl (C=S) groups is 1. The number of carbonyl (C=O) groups excluding carboxylic acids is 2. The van der Waals surface area contributed by atoms with Gasteiger partial charge in [0.1, 0.15) is 23.5 Å². The van der Waals surface area contributed by atoms with Gasteiger partial charge in [-0.15, -0.1) is 0 Å². The van der Waals surface area contributed by atoms with Gasteiger partial charge >= 0.3 is 12.2 Å². The molecule has 9 nitrogen and oxygen atoms in total. The molecule has 1 aromatic heterocycles. The van der Waals surface area contributed by atoms with Crippen LogP contribution in [-0.2, 0) is 11.0 Å². The fourth-order valence-corrected chi connectivity index (χ4v) is 5.68. The van der Waals surface area contributed by atoms with Crippen molar-refractivity contribution in [3.8, 4) is 11.8 Å². The average molecular weight is 545 g/mol. The Hall–Kier alpha value is -3.92. The number of aromatic nitrogens is 1. The van der Waals surface area contributed by atoms with Crippen LogP contribution < -0.4 is 20.7 Å². The van der Waals surface area contributed by atoms with E-state index in [1.165, 1.54) is 6.07 Å². The number of rotatable bonds is 4. The van der Waals surface area contributed by atoms with Crippen LogP contribution in [0.2, 0.25) is 0 Å². The Labute approximate surface area is 221 Å². The van der Waals surface area contributed by atoms with Gasteiger partial charge in [0.15, 0.2) is 10.8 Å². The van der Waals surface area contributed by atoms with Gasteiger partial charge in [-0.1, -0.05) is 12.1 Å². The van der Waals surface area contributed by atoms with Crippen molar-refractivity contribution >= 4 is 35.0 Å². The highest BCUT2D eigenvalue weighted by Gasteiger charge is 2.60. The van der Waals surface area contributed by atoms with E-state index in [1.54, 1.807) is 4.90 Å². The molecule has 3 heterocycles. The molecule has 1 spiro atoms. The number of alkyl halides is 3. The molecule has 1 saturated carbocycles. The van der Waals surface area contributed by atoms with Crippen molar-refractivity contribution in [1.82, 2.24) is 15.2 Å². The standard InChI is InChI=1S/C25H23F3N6O3S/c26-25(27,28)19-11-15(13-31-20(19)12-29)34-21(35)24(32-23(34)38)8-5-18(24)14-1-3-16(4-2-14)37-17-6-9-33(10-7-17)22(30)36/h1-4,11,13,17-18H,5-10H2,(H2,30,36)(H,32,38). The van der Waals surface area contributed by atoms with Crippen molar-refractivity contribution in [1.29, 1.82) is 5.26 Å². The summed E-state index contributed by atoms with van der Waals surface area (Å²) in [6.07, 6.45) is -1.33. The van der Waals surface area contributed by atoms with Crippen LogP contribution in [0.1, 0.15) is 48.4 Å². The second kappa shape index (κ2) is 9.43. The highest BCUT2D eigenvalue weighted by Crippen LogP contribution is 2.50. The molecule has 2 aliphatic heterocycles. The zero-order chi connectivity index (χ0) is 27.2. The number of hydrogen-bond donors (Lipinski definition) is 2. The molecule has 3 fully saturated rings. The number of pyridine rings is 1. The van der Waals surface area contributed by atoms with Crippen LogP contribution in [0.5, 0.6) is 5.75 Å². The fraction of sp³-hybridized carbons (Fsp3) is 0.400. The van der Waals surface area contributed by atoms with Crippen molar-refractivity contribution in [2.45, 2.75) is 49.4 Å². The van der Waals surface area contributed by atoms with Gasteiger partial charge in [0, 0.05) is 31.8 Å². The number of hydrogen-bond acceptors (Lipinski definition) is 6. The maximum Gasteiger partial charge on any atom is 0.419 e. The number of anilines is 1. The molecule has 2 atom stereocenters. The van der Waals surface area contributed by atoms with E-state index in [4.69, 9.17) is 28.0 Å². The molecule has 2 saturated heterocycles. The second-order valence-corrected chi connectivity index (χ2v) is 9.93. The molecule has 0 radical (unpaired) electrons. The summed E-state index contributed by atoms with van der Waals surface area (Å²) in [6.45, 7) is 1.07. The fourth-order valence-electron chi connectivity index (χ4n) is 5.31. The number of ether oxygens (including phenoxy) is 1. The Morgan fingerprint density at radius 3 is 2.47 bits per heavy atom. The average Bonchev–Trinajstić information content (AvgIpc) is 3.15. The van der Waals surface area contributed by atoms with Crippen LogP contribution in [0.4, 0.5) is 23.7 Å². The number of nitriles is 1. The largest absolute Gasteiger partial charge is 0.490 e. The third-order valence-corrected chi connectivity index (χ3v) is 7.71. The summed E-state index contributed by atoms with van der Waals surface area (Å²) >= 11 is 5.35. The molecule has 198 valence electrons. The number of nitrogens with zero attached hydrogens (tertiary/aromatic N) is 4. The third kappa shape index (κ3) is 4.38. The monoisotopic (exact) mass is 544 g/mol. The van der Waals surface area contributed by atoms with E-state index in [9.17, 15) is 22.8 Å². The first kappa shape index (κ1) is 25.7. The van der Waals surface area contributed by atoms with Gasteiger partial charge in [-0.2, -0.15) is 18.4 Å². The van der Waals surface area contributed by atoms with Crippen molar-refractivity contribution in [3.05, 3.63) is 53.3 Å². The maximum atomic E-state index is 13.6. The van der Waals surface area contributed by atoms with Crippen LogP contribution >= 0.6 is 12.2 Å². The predicted molar refractivity (Wildman–Crippen MR) is 133 cm³/mol. The van der Waals surface area contributed by atoms with E-state index in [-0.39, 0.29) is 22.8 Å². The van der Waals surface area contributed by atoms with Crippen LogP contribution in [0, 0.1) is 11.3 Å². The molecule has 38 heavy (non-hydrogen) atoms. The number of likely N-dealkylation sites (tertiary alicyclic amines) is 1. The van der Waals surface area contributed by atoms with Gasteiger partial charge < -0.3 is 20.7 Å². The number of amides is 3. The molecule has 1 aromatic carbocycles. The van der Waals surface area contributed by atoms with Gasteiger partial charge in [-0.3, -0.25) is 9.69 Å². The zero-order valence-corrected chi connectivity index (χ0v) is 20.8. The number of piperidine rings is 1. The molecular formula is C25H23F3N6O3S. The summed E-state index contributed by atoms with van der Waals surface area (Å²) in [5.41, 5.74) is 2.96. The van der Waals surface area contributed by atoms with E-state index in [0.717, 1.165) is 22.7 Å². The number of halogens is 3. The van der Waals surface area contributed by atoms with E-state index in [2.05, 4.69) is 10.3 Å².